The van der Waals surface area contributed by atoms with Gasteiger partial charge in [0.05, 0.1) is 31.0 Å². The number of ether oxygens (including phenoxy) is 2. The number of aromatic nitrogens is 1. The van der Waals surface area contributed by atoms with Gasteiger partial charge in [-0.25, -0.2) is 14.6 Å². The summed E-state index contributed by atoms with van der Waals surface area (Å²) in [6.07, 6.45) is 6.49. The molecule has 0 spiro atoms. The number of allylic oxidation sites excluding steroid dienone is 2. The fourth-order valence-electron chi connectivity index (χ4n) is 2.65. The van der Waals surface area contributed by atoms with E-state index in [-0.39, 0.29) is 11.3 Å². The van der Waals surface area contributed by atoms with Gasteiger partial charge in [0.15, 0.2) is 0 Å². The van der Waals surface area contributed by atoms with Crippen molar-refractivity contribution in [3.05, 3.63) is 71.2 Å². The van der Waals surface area contributed by atoms with Gasteiger partial charge in [-0.3, -0.25) is 0 Å². The number of anilines is 1. The highest BCUT2D eigenvalue weighted by Gasteiger charge is 2.28. The Balaban J connectivity index is 2.30. The Kier molecular flexibility index (Phi) is 5.04. The summed E-state index contributed by atoms with van der Waals surface area (Å²) in [4.78, 5) is 30.6. The smallest absolute Gasteiger partial charge is 0.355 e. The first-order valence-electron chi connectivity index (χ1n) is 7.67. The minimum Gasteiger partial charge on any atom is -0.465 e. The van der Waals surface area contributed by atoms with Crippen LogP contribution in [0, 0.1) is 0 Å². The lowest BCUT2D eigenvalue weighted by Crippen LogP contribution is -2.27. The Morgan fingerprint density at radius 1 is 1.04 bits per heavy atom. The van der Waals surface area contributed by atoms with E-state index < -0.39 is 11.9 Å². The summed E-state index contributed by atoms with van der Waals surface area (Å²) >= 11 is 6.05. The van der Waals surface area contributed by atoms with Crippen LogP contribution in [0.2, 0.25) is 5.15 Å². The van der Waals surface area contributed by atoms with Gasteiger partial charge in [-0.2, -0.15) is 0 Å². The maximum Gasteiger partial charge on any atom is 0.355 e. The van der Waals surface area contributed by atoms with Gasteiger partial charge in [-0.1, -0.05) is 29.8 Å². The van der Waals surface area contributed by atoms with Crippen LogP contribution in [0.15, 0.2) is 66.0 Å². The third-order valence-electron chi connectivity index (χ3n) is 3.81. The van der Waals surface area contributed by atoms with Crippen molar-refractivity contribution in [2.24, 2.45) is 0 Å². The average molecular weight is 371 g/mol. The molecular formula is C19H15ClN2O4. The Morgan fingerprint density at radius 2 is 1.81 bits per heavy atom. The summed E-state index contributed by atoms with van der Waals surface area (Å²) in [6.45, 7) is 0. The number of hydrogen-bond acceptors (Lipinski definition) is 6. The number of benzene rings is 1. The van der Waals surface area contributed by atoms with Crippen LogP contribution in [0.1, 0.15) is 0 Å². The van der Waals surface area contributed by atoms with Crippen molar-refractivity contribution in [1.82, 2.24) is 4.98 Å². The summed E-state index contributed by atoms with van der Waals surface area (Å²) in [5, 5.41) is 1.15. The Morgan fingerprint density at radius 3 is 2.54 bits per heavy atom. The van der Waals surface area contributed by atoms with Gasteiger partial charge >= 0.3 is 11.9 Å². The van der Waals surface area contributed by atoms with E-state index in [1.165, 1.54) is 20.3 Å². The maximum absolute atomic E-state index is 12.5. The van der Waals surface area contributed by atoms with Gasteiger partial charge in [0, 0.05) is 11.6 Å². The molecule has 0 saturated carbocycles. The summed E-state index contributed by atoms with van der Waals surface area (Å²) in [7, 11) is 2.50. The molecule has 0 bridgehead atoms. The molecule has 2 heterocycles. The number of nitrogens with zero attached hydrogens (tertiary/aromatic N) is 2. The fraction of sp³-hybridized carbons (Fsp3) is 0.105. The lowest BCUT2D eigenvalue weighted by atomic mass is 10.1. The zero-order valence-electron chi connectivity index (χ0n) is 14.1. The van der Waals surface area contributed by atoms with E-state index in [1.807, 2.05) is 18.2 Å². The predicted molar refractivity (Wildman–Crippen MR) is 98.6 cm³/mol. The van der Waals surface area contributed by atoms with Crippen LogP contribution >= 0.6 is 11.6 Å². The third-order valence-corrected chi connectivity index (χ3v) is 4.02. The molecule has 0 atom stereocenters. The molecule has 26 heavy (non-hydrogen) atoms. The number of pyridine rings is 1. The van der Waals surface area contributed by atoms with E-state index >= 15 is 0 Å². The van der Waals surface area contributed by atoms with E-state index in [1.54, 1.807) is 35.4 Å². The third kappa shape index (κ3) is 3.19. The largest absolute Gasteiger partial charge is 0.465 e. The number of carbonyl (C=O) groups is 2. The average Bonchev–Trinajstić information content (AvgIpc) is 2.89. The number of methoxy groups -OCH3 is 2. The van der Waals surface area contributed by atoms with Gasteiger partial charge in [-0.15, -0.1) is 0 Å². The minimum atomic E-state index is -0.680. The van der Waals surface area contributed by atoms with Gasteiger partial charge in [-0.05, 0) is 30.4 Å². The topological polar surface area (TPSA) is 68.7 Å². The van der Waals surface area contributed by atoms with Crippen molar-refractivity contribution in [2.45, 2.75) is 0 Å². The number of halogens is 1. The first-order valence-corrected chi connectivity index (χ1v) is 8.05. The molecule has 7 heteroatoms. The first-order chi connectivity index (χ1) is 12.6. The van der Waals surface area contributed by atoms with Crippen molar-refractivity contribution in [2.75, 3.05) is 19.1 Å². The lowest BCUT2D eigenvalue weighted by molar-refractivity contribution is -0.139. The van der Waals surface area contributed by atoms with Crippen LogP contribution in [0.25, 0.3) is 10.9 Å². The molecule has 2 aromatic rings. The fourth-order valence-corrected chi connectivity index (χ4v) is 2.80. The van der Waals surface area contributed by atoms with Gasteiger partial charge < -0.3 is 14.4 Å². The molecule has 3 rings (SSSR count). The molecule has 0 fully saturated rings. The normalized spacial score (nSPS) is 13.7. The zero-order valence-corrected chi connectivity index (χ0v) is 14.9. The van der Waals surface area contributed by atoms with E-state index in [0.717, 1.165) is 5.39 Å². The standard InChI is InChI=1S/C19H15ClN2O4/c1-25-18(23)13-7-3-4-11-22(17(13)19(24)26-2)14-8-5-6-12-9-10-15(20)21-16(12)14/h3-11H,1-2H3. The molecule has 132 valence electrons. The molecule has 0 saturated heterocycles. The molecule has 0 N–H and O–H groups in total. The molecule has 1 aliphatic heterocycles. The Labute approximate surface area is 155 Å². The van der Waals surface area contributed by atoms with Crippen molar-refractivity contribution >= 4 is 40.1 Å². The van der Waals surface area contributed by atoms with Crippen molar-refractivity contribution < 1.29 is 19.1 Å². The zero-order chi connectivity index (χ0) is 18.7. The van der Waals surface area contributed by atoms with E-state index in [9.17, 15) is 9.59 Å². The van der Waals surface area contributed by atoms with Gasteiger partial charge in [0.2, 0.25) is 0 Å². The van der Waals surface area contributed by atoms with Crippen LogP contribution in [-0.2, 0) is 19.1 Å². The highest BCUT2D eigenvalue weighted by molar-refractivity contribution is 6.30. The SMILES string of the molecule is COC(=O)C1=C(C(=O)OC)N(c2cccc3ccc(Cl)nc23)C=CC=C1. The summed E-state index contributed by atoms with van der Waals surface area (Å²) in [5.41, 5.74) is 1.26. The molecule has 0 unspecified atom stereocenters. The number of rotatable bonds is 3. The van der Waals surface area contributed by atoms with Gasteiger partial charge in [0.1, 0.15) is 10.9 Å². The Bertz CT molecular complexity index is 979. The van der Waals surface area contributed by atoms with E-state index in [4.69, 9.17) is 21.1 Å². The number of para-hydroxylation sites is 1. The van der Waals surface area contributed by atoms with Crippen LogP contribution < -0.4 is 4.90 Å². The van der Waals surface area contributed by atoms with E-state index in [0.29, 0.717) is 16.4 Å². The van der Waals surface area contributed by atoms with Crippen LogP contribution in [0.3, 0.4) is 0 Å². The molecular weight excluding hydrogens is 356 g/mol. The van der Waals surface area contributed by atoms with Crippen LogP contribution in [0.4, 0.5) is 5.69 Å². The second-order valence-electron chi connectivity index (χ2n) is 5.30. The number of hydrogen-bond donors (Lipinski definition) is 0. The van der Waals surface area contributed by atoms with Crippen LogP contribution in [-0.4, -0.2) is 31.1 Å². The van der Waals surface area contributed by atoms with Crippen LogP contribution in [0.5, 0.6) is 0 Å². The highest BCUT2D eigenvalue weighted by atomic mass is 35.5. The Hall–Kier alpha value is -3.12. The second kappa shape index (κ2) is 7.41. The molecule has 0 radical (unpaired) electrons. The highest BCUT2D eigenvalue weighted by Crippen LogP contribution is 2.32. The quantitative estimate of drug-likeness (QED) is 0.609. The van der Waals surface area contributed by atoms with Crippen molar-refractivity contribution in [3.63, 3.8) is 0 Å². The molecule has 1 aliphatic rings. The van der Waals surface area contributed by atoms with Crippen molar-refractivity contribution in [3.8, 4) is 0 Å². The monoisotopic (exact) mass is 370 g/mol. The number of esters is 2. The first kappa shape index (κ1) is 17.7. The van der Waals surface area contributed by atoms with Crippen molar-refractivity contribution in [1.29, 1.82) is 0 Å². The van der Waals surface area contributed by atoms with Gasteiger partial charge in [0.25, 0.3) is 0 Å². The molecule has 6 nitrogen and oxygen atoms in total. The molecule has 1 aromatic heterocycles. The maximum atomic E-state index is 12.5. The second-order valence-corrected chi connectivity index (χ2v) is 5.69. The molecule has 1 aromatic carbocycles. The minimum absolute atomic E-state index is 0.0265. The van der Waals surface area contributed by atoms with E-state index in [2.05, 4.69) is 4.98 Å². The predicted octanol–water partition coefficient (Wildman–Crippen LogP) is 3.38. The summed E-state index contributed by atoms with van der Waals surface area (Å²) in [6, 6.07) is 9.00. The summed E-state index contributed by atoms with van der Waals surface area (Å²) in [5.74, 6) is -1.33. The molecule has 0 amide bonds. The molecule has 0 aliphatic carbocycles. The lowest BCUT2D eigenvalue weighted by Gasteiger charge is -2.24. The summed E-state index contributed by atoms with van der Waals surface area (Å²) < 4.78 is 9.71. The number of fused-ring (bicyclic) bond motifs is 1. The number of carbonyl (C=O) groups excluding carboxylic acids is 2.